The van der Waals surface area contributed by atoms with Gasteiger partial charge in [-0.1, -0.05) is 0 Å². The van der Waals surface area contributed by atoms with Gasteiger partial charge in [-0.3, -0.25) is 10.1 Å². The third kappa shape index (κ3) is 3.97. The Hall–Kier alpha value is -3.09. The molecule has 120 valence electrons. The number of rotatable bonds is 6. The molecule has 0 bridgehead atoms. The number of nitro groups is 1. The van der Waals surface area contributed by atoms with E-state index in [4.69, 9.17) is 9.47 Å². The molecule has 0 saturated heterocycles. The Morgan fingerprint density at radius 3 is 2.48 bits per heavy atom. The van der Waals surface area contributed by atoms with Gasteiger partial charge in [-0.25, -0.2) is 4.79 Å². The number of benzene rings is 2. The second-order valence-electron chi connectivity index (χ2n) is 4.56. The maximum atomic E-state index is 11.8. The number of methoxy groups -OCH3 is 1. The van der Waals surface area contributed by atoms with Crippen LogP contribution in [0.25, 0.3) is 0 Å². The molecule has 0 spiro atoms. The van der Waals surface area contributed by atoms with Crippen molar-refractivity contribution in [2.24, 2.45) is 0 Å². The van der Waals surface area contributed by atoms with Gasteiger partial charge in [-0.15, -0.1) is 0 Å². The minimum atomic E-state index is -0.528. The first-order chi connectivity index (χ1) is 11.0. The van der Waals surface area contributed by atoms with Gasteiger partial charge in [0, 0.05) is 11.8 Å². The highest BCUT2D eigenvalue weighted by Crippen LogP contribution is 2.29. The molecule has 0 aliphatic rings. The fraction of sp³-hybridized carbons (Fsp3) is 0.188. The molecule has 0 fully saturated rings. The summed E-state index contributed by atoms with van der Waals surface area (Å²) in [6, 6.07) is 10.9. The Labute approximate surface area is 133 Å². The first kappa shape index (κ1) is 16.3. The molecule has 2 rings (SSSR count). The lowest BCUT2D eigenvalue weighted by Crippen LogP contribution is -2.06. The topological polar surface area (TPSA) is 90.7 Å². The molecular formula is C16H16N2O5. The van der Waals surface area contributed by atoms with Gasteiger partial charge >= 0.3 is 5.97 Å². The van der Waals surface area contributed by atoms with E-state index in [9.17, 15) is 14.9 Å². The van der Waals surface area contributed by atoms with Gasteiger partial charge in [0.25, 0.3) is 5.69 Å². The highest BCUT2D eigenvalue weighted by Gasteiger charge is 2.17. The fourth-order valence-corrected chi connectivity index (χ4v) is 1.97. The predicted octanol–water partition coefficient (Wildman–Crippen LogP) is 3.52. The summed E-state index contributed by atoms with van der Waals surface area (Å²) in [4.78, 5) is 22.4. The molecule has 0 aliphatic heterocycles. The van der Waals surface area contributed by atoms with Crippen LogP contribution >= 0.6 is 0 Å². The van der Waals surface area contributed by atoms with Crippen molar-refractivity contribution in [3.8, 4) is 5.75 Å². The van der Waals surface area contributed by atoms with E-state index in [1.54, 1.807) is 38.3 Å². The van der Waals surface area contributed by atoms with Crippen molar-refractivity contribution in [2.45, 2.75) is 6.92 Å². The number of nitrogens with one attached hydrogen (secondary N) is 1. The number of hydrogen-bond donors (Lipinski definition) is 1. The van der Waals surface area contributed by atoms with Crippen LogP contribution in [0, 0.1) is 10.1 Å². The maximum Gasteiger partial charge on any atom is 0.338 e. The van der Waals surface area contributed by atoms with E-state index in [1.807, 2.05) is 0 Å². The van der Waals surface area contributed by atoms with E-state index in [0.29, 0.717) is 11.4 Å². The third-order valence-corrected chi connectivity index (χ3v) is 3.07. The van der Waals surface area contributed by atoms with Crippen molar-refractivity contribution >= 4 is 23.0 Å². The number of carbonyl (C=O) groups is 1. The summed E-state index contributed by atoms with van der Waals surface area (Å²) in [6.45, 7) is 1.93. The van der Waals surface area contributed by atoms with Crippen molar-refractivity contribution in [3.63, 3.8) is 0 Å². The number of anilines is 2. The number of esters is 1. The average Bonchev–Trinajstić information content (AvgIpc) is 2.55. The van der Waals surface area contributed by atoms with Gasteiger partial charge in [0.15, 0.2) is 0 Å². The molecule has 1 N–H and O–H groups in total. The Bertz CT molecular complexity index is 713. The minimum absolute atomic E-state index is 0.131. The van der Waals surface area contributed by atoms with Crippen molar-refractivity contribution in [3.05, 3.63) is 58.1 Å². The molecule has 2 aromatic rings. The van der Waals surface area contributed by atoms with Crippen molar-refractivity contribution in [2.75, 3.05) is 19.0 Å². The molecule has 2 aromatic carbocycles. The molecule has 0 radical (unpaired) electrons. The fourth-order valence-electron chi connectivity index (χ4n) is 1.97. The zero-order valence-electron chi connectivity index (χ0n) is 12.7. The van der Waals surface area contributed by atoms with Crippen LogP contribution in [0.4, 0.5) is 17.1 Å². The van der Waals surface area contributed by atoms with Gasteiger partial charge in [0.05, 0.1) is 24.2 Å². The van der Waals surface area contributed by atoms with Crippen LogP contribution in [0.2, 0.25) is 0 Å². The van der Waals surface area contributed by atoms with E-state index < -0.39 is 10.9 Å². The molecule has 0 unspecified atom stereocenters. The van der Waals surface area contributed by atoms with E-state index >= 15 is 0 Å². The van der Waals surface area contributed by atoms with Gasteiger partial charge in [-0.2, -0.15) is 0 Å². The predicted molar refractivity (Wildman–Crippen MR) is 85.3 cm³/mol. The number of ether oxygens (including phenoxy) is 2. The van der Waals surface area contributed by atoms with Gasteiger partial charge in [0.2, 0.25) is 0 Å². The molecule has 0 amide bonds. The normalized spacial score (nSPS) is 10.0. The largest absolute Gasteiger partial charge is 0.497 e. The molecule has 23 heavy (non-hydrogen) atoms. The zero-order valence-corrected chi connectivity index (χ0v) is 12.7. The summed E-state index contributed by atoms with van der Waals surface area (Å²) in [7, 11) is 1.55. The SMILES string of the molecule is CCOC(=O)c1ccc([N+](=O)[O-])c(Nc2ccc(OC)cc2)c1. The van der Waals surface area contributed by atoms with E-state index in [1.165, 1.54) is 18.2 Å². The molecule has 7 nitrogen and oxygen atoms in total. The lowest BCUT2D eigenvalue weighted by Gasteiger charge is -2.09. The van der Waals surface area contributed by atoms with E-state index in [2.05, 4.69) is 5.32 Å². The van der Waals surface area contributed by atoms with Crippen LogP contribution in [0.1, 0.15) is 17.3 Å². The second kappa shape index (κ2) is 7.26. The quantitative estimate of drug-likeness (QED) is 0.498. The monoisotopic (exact) mass is 316 g/mol. The Balaban J connectivity index is 2.34. The minimum Gasteiger partial charge on any atom is -0.497 e. The summed E-state index contributed by atoms with van der Waals surface area (Å²) in [5.74, 6) is 0.144. The summed E-state index contributed by atoms with van der Waals surface area (Å²) in [6.07, 6.45) is 0. The Kier molecular flexibility index (Phi) is 5.14. The highest BCUT2D eigenvalue weighted by molar-refractivity contribution is 5.92. The van der Waals surface area contributed by atoms with Gasteiger partial charge < -0.3 is 14.8 Å². The Morgan fingerprint density at radius 1 is 1.22 bits per heavy atom. The molecule has 0 aliphatic carbocycles. The summed E-state index contributed by atoms with van der Waals surface area (Å²) < 4.78 is 9.97. The maximum absolute atomic E-state index is 11.8. The number of hydrogen-bond acceptors (Lipinski definition) is 6. The van der Waals surface area contributed by atoms with Gasteiger partial charge in [-0.05, 0) is 43.3 Å². The number of nitro benzene ring substituents is 1. The highest BCUT2D eigenvalue weighted by atomic mass is 16.6. The molecule has 0 saturated carbocycles. The van der Waals surface area contributed by atoms with Crippen LogP contribution in [0.5, 0.6) is 5.75 Å². The standard InChI is InChI=1S/C16H16N2O5/c1-3-23-16(19)11-4-9-15(18(20)21)14(10-11)17-12-5-7-13(22-2)8-6-12/h4-10,17H,3H2,1-2H3. The number of carbonyl (C=O) groups excluding carboxylic acids is 1. The summed E-state index contributed by atoms with van der Waals surface area (Å²) >= 11 is 0. The smallest absolute Gasteiger partial charge is 0.338 e. The zero-order chi connectivity index (χ0) is 16.8. The van der Waals surface area contributed by atoms with Crippen LogP contribution in [-0.4, -0.2) is 24.6 Å². The summed E-state index contributed by atoms with van der Waals surface area (Å²) in [5.41, 5.74) is 0.961. The molecule has 7 heteroatoms. The molecule has 0 aromatic heterocycles. The lowest BCUT2D eigenvalue weighted by molar-refractivity contribution is -0.383. The van der Waals surface area contributed by atoms with Crippen LogP contribution in [0.15, 0.2) is 42.5 Å². The van der Waals surface area contributed by atoms with Gasteiger partial charge in [0.1, 0.15) is 11.4 Å². The average molecular weight is 316 g/mol. The van der Waals surface area contributed by atoms with Crippen molar-refractivity contribution in [1.29, 1.82) is 0 Å². The van der Waals surface area contributed by atoms with E-state index in [0.717, 1.165) is 0 Å². The Morgan fingerprint density at radius 2 is 1.91 bits per heavy atom. The van der Waals surface area contributed by atoms with Crippen molar-refractivity contribution < 1.29 is 19.2 Å². The number of nitrogens with zero attached hydrogens (tertiary/aromatic N) is 1. The molecular weight excluding hydrogens is 300 g/mol. The first-order valence-corrected chi connectivity index (χ1v) is 6.91. The third-order valence-electron chi connectivity index (χ3n) is 3.07. The summed E-state index contributed by atoms with van der Waals surface area (Å²) in [5, 5.41) is 14.1. The molecule has 0 heterocycles. The van der Waals surface area contributed by atoms with Crippen LogP contribution < -0.4 is 10.1 Å². The first-order valence-electron chi connectivity index (χ1n) is 6.91. The molecule has 0 atom stereocenters. The van der Waals surface area contributed by atoms with Crippen LogP contribution in [-0.2, 0) is 4.74 Å². The second-order valence-corrected chi connectivity index (χ2v) is 4.56. The van der Waals surface area contributed by atoms with E-state index in [-0.39, 0.29) is 23.5 Å². The van der Waals surface area contributed by atoms with Crippen LogP contribution in [0.3, 0.4) is 0 Å². The van der Waals surface area contributed by atoms with Crippen molar-refractivity contribution in [1.82, 2.24) is 0 Å². The lowest BCUT2D eigenvalue weighted by atomic mass is 10.1.